The highest BCUT2D eigenvalue weighted by atomic mass is 32.1. The Labute approximate surface area is 138 Å². The monoisotopic (exact) mass is 335 g/mol. The predicted molar refractivity (Wildman–Crippen MR) is 86.5 cm³/mol. The molecule has 1 atom stereocenters. The molecule has 0 radical (unpaired) electrons. The first-order chi connectivity index (χ1) is 11.0. The highest BCUT2D eigenvalue weighted by molar-refractivity contribution is 7.10. The SMILES string of the molecule is CC(C)C(=O)OCC(=O)N[C@H](c1ccc(F)cc1)c1cccs1. The van der Waals surface area contributed by atoms with Crippen LogP contribution in [0.15, 0.2) is 41.8 Å². The van der Waals surface area contributed by atoms with Crippen LogP contribution >= 0.6 is 11.3 Å². The summed E-state index contributed by atoms with van der Waals surface area (Å²) in [6.45, 7) is 3.07. The lowest BCUT2D eigenvalue weighted by Crippen LogP contribution is -2.33. The van der Waals surface area contributed by atoms with E-state index in [1.54, 1.807) is 26.0 Å². The fraction of sp³-hybridized carbons (Fsp3) is 0.294. The zero-order chi connectivity index (χ0) is 16.8. The number of benzene rings is 1. The zero-order valence-corrected chi connectivity index (χ0v) is 13.7. The van der Waals surface area contributed by atoms with E-state index in [1.165, 1.54) is 23.5 Å². The molecule has 2 rings (SSSR count). The van der Waals surface area contributed by atoms with Gasteiger partial charge in [-0.2, -0.15) is 0 Å². The van der Waals surface area contributed by atoms with E-state index in [-0.39, 0.29) is 18.3 Å². The van der Waals surface area contributed by atoms with Gasteiger partial charge in [0.1, 0.15) is 5.82 Å². The van der Waals surface area contributed by atoms with E-state index < -0.39 is 17.9 Å². The summed E-state index contributed by atoms with van der Waals surface area (Å²) in [5, 5.41) is 4.72. The van der Waals surface area contributed by atoms with Gasteiger partial charge in [-0.1, -0.05) is 32.0 Å². The molecule has 0 aliphatic heterocycles. The Hall–Kier alpha value is -2.21. The van der Waals surface area contributed by atoms with Crippen molar-refractivity contribution in [2.45, 2.75) is 19.9 Å². The molecule has 0 unspecified atom stereocenters. The van der Waals surface area contributed by atoms with Gasteiger partial charge in [0.2, 0.25) is 0 Å². The van der Waals surface area contributed by atoms with Gasteiger partial charge in [-0.15, -0.1) is 11.3 Å². The molecule has 4 nitrogen and oxygen atoms in total. The van der Waals surface area contributed by atoms with Crippen LogP contribution in [-0.4, -0.2) is 18.5 Å². The van der Waals surface area contributed by atoms with Crippen LogP contribution in [0.1, 0.15) is 30.3 Å². The van der Waals surface area contributed by atoms with Crippen LogP contribution in [0.25, 0.3) is 0 Å². The molecule has 23 heavy (non-hydrogen) atoms. The molecule has 0 spiro atoms. The van der Waals surface area contributed by atoms with Crippen molar-refractivity contribution in [3.63, 3.8) is 0 Å². The predicted octanol–water partition coefficient (Wildman–Crippen LogP) is 3.29. The Balaban J connectivity index is 2.08. The van der Waals surface area contributed by atoms with Crippen LogP contribution in [0, 0.1) is 11.7 Å². The molecule has 0 bridgehead atoms. The van der Waals surface area contributed by atoms with E-state index in [1.807, 2.05) is 17.5 Å². The van der Waals surface area contributed by atoms with Gasteiger partial charge in [-0.25, -0.2) is 4.39 Å². The average molecular weight is 335 g/mol. The molecule has 1 aromatic carbocycles. The average Bonchev–Trinajstić information content (AvgIpc) is 3.05. The normalized spacial score (nSPS) is 12.0. The lowest BCUT2D eigenvalue weighted by molar-refractivity contribution is -0.151. The van der Waals surface area contributed by atoms with E-state index in [9.17, 15) is 14.0 Å². The largest absolute Gasteiger partial charge is 0.455 e. The first-order valence-corrected chi connectivity index (χ1v) is 8.10. The van der Waals surface area contributed by atoms with Gasteiger partial charge < -0.3 is 10.1 Å². The quantitative estimate of drug-likeness (QED) is 0.824. The van der Waals surface area contributed by atoms with Crippen molar-refractivity contribution < 1.29 is 18.7 Å². The molecule has 6 heteroatoms. The summed E-state index contributed by atoms with van der Waals surface area (Å²) in [4.78, 5) is 24.4. The Bertz CT molecular complexity index is 653. The number of esters is 1. The number of hydrogen-bond acceptors (Lipinski definition) is 4. The van der Waals surface area contributed by atoms with Crippen molar-refractivity contribution in [2.24, 2.45) is 5.92 Å². The van der Waals surface area contributed by atoms with Crippen molar-refractivity contribution in [1.82, 2.24) is 5.32 Å². The molecule has 2 aromatic rings. The second-order valence-electron chi connectivity index (χ2n) is 5.33. The lowest BCUT2D eigenvalue weighted by atomic mass is 10.1. The van der Waals surface area contributed by atoms with Crippen molar-refractivity contribution in [1.29, 1.82) is 0 Å². The molecule has 1 aromatic heterocycles. The molecule has 0 aliphatic rings. The molecule has 122 valence electrons. The van der Waals surface area contributed by atoms with E-state index in [0.717, 1.165) is 10.4 Å². The Kier molecular flexibility index (Phi) is 5.87. The van der Waals surface area contributed by atoms with Crippen LogP contribution in [-0.2, 0) is 14.3 Å². The summed E-state index contributed by atoms with van der Waals surface area (Å²) in [6, 6.07) is 9.31. The fourth-order valence-electron chi connectivity index (χ4n) is 1.94. The number of amides is 1. The van der Waals surface area contributed by atoms with Gasteiger partial charge in [-0.05, 0) is 29.1 Å². The Morgan fingerprint density at radius 3 is 2.48 bits per heavy atom. The third kappa shape index (κ3) is 4.89. The van der Waals surface area contributed by atoms with Crippen LogP contribution in [0.3, 0.4) is 0 Å². The number of carbonyl (C=O) groups excluding carboxylic acids is 2. The van der Waals surface area contributed by atoms with E-state index in [0.29, 0.717) is 0 Å². The second kappa shape index (κ2) is 7.87. The Morgan fingerprint density at radius 2 is 1.91 bits per heavy atom. The maximum atomic E-state index is 13.1. The van der Waals surface area contributed by atoms with Gasteiger partial charge in [0.15, 0.2) is 6.61 Å². The molecule has 0 saturated heterocycles. The maximum absolute atomic E-state index is 13.1. The molecular weight excluding hydrogens is 317 g/mol. The maximum Gasteiger partial charge on any atom is 0.308 e. The van der Waals surface area contributed by atoms with Crippen LogP contribution in [0.2, 0.25) is 0 Å². The number of hydrogen-bond donors (Lipinski definition) is 1. The van der Waals surface area contributed by atoms with Crippen LogP contribution in [0.4, 0.5) is 4.39 Å². The summed E-state index contributed by atoms with van der Waals surface area (Å²) in [6.07, 6.45) is 0. The minimum atomic E-state index is -0.422. The standard InChI is InChI=1S/C17H18FNO3S/c1-11(2)17(21)22-10-15(20)19-16(14-4-3-9-23-14)12-5-7-13(18)8-6-12/h3-9,11,16H,10H2,1-2H3,(H,19,20)/t16-/m1/s1. The number of ether oxygens (including phenoxy) is 1. The number of rotatable bonds is 6. The minimum Gasteiger partial charge on any atom is -0.455 e. The molecule has 0 aliphatic carbocycles. The van der Waals surface area contributed by atoms with Crippen molar-refractivity contribution in [2.75, 3.05) is 6.61 Å². The highest BCUT2D eigenvalue weighted by Gasteiger charge is 2.19. The summed E-state index contributed by atoms with van der Waals surface area (Å²) in [5.74, 6) is -1.44. The minimum absolute atomic E-state index is 0.284. The third-order valence-corrected chi connectivity index (χ3v) is 4.09. The summed E-state index contributed by atoms with van der Waals surface area (Å²) >= 11 is 1.49. The first kappa shape index (κ1) is 17.1. The van der Waals surface area contributed by atoms with Gasteiger partial charge in [0.25, 0.3) is 5.91 Å². The second-order valence-corrected chi connectivity index (χ2v) is 6.31. The van der Waals surface area contributed by atoms with Gasteiger partial charge in [0.05, 0.1) is 12.0 Å². The van der Waals surface area contributed by atoms with Gasteiger partial charge in [0, 0.05) is 4.88 Å². The van der Waals surface area contributed by atoms with Gasteiger partial charge in [-0.3, -0.25) is 9.59 Å². The van der Waals surface area contributed by atoms with E-state index >= 15 is 0 Å². The van der Waals surface area contributed by atoms with Crippen LogP contribution < -0.4 is 5.32 Å². The summed E-state index contributed by atoms with van der Waals surface area (Å²) in [5.41, 5.74) is 0.761. The van der Waals surface area contributed by atoms with E-state index in [4.69, 9.17) is 4.74 Å². The third-order valence-electron chi connectivity index (χ3n) is 3.15. The fourth-order valence-corrected chi connectivity index (χ4v) is 2.74. The number of carbonyl (C=O) groups is 2. The van der Waals surface area contributed by atoms with Crippen LogP contribution in [0.5, 0.6) is 0 Å². The smallest absolute Gasteiger partial charge is 0.308 e. The molecule has 1 heterocycles. The summed E-state index contributed by atoms with van der Waals surface area (Å²) < 4.78 is 18.0. The lowest BCUT2D eigenvalue weighted by Gasteiger charge is -2.18. The Morgan fingerprint density at radius 1 is 1.22 bits per heavy atom. The van der Waals surface area contributed by atoms with Crippen molar-refractivity contribution >= 4 is 23.2 Å². The molecule has 0 saturated carbocycles. The van der Waals surface area contributed by atoms with Crippen molar-refractivity contribution in [3.05, 3.63) is 58.0 Å². The molecular formula is C17H18FNO3S. The molecule has 1 N–H and O–H groups in total. The number of halogens is 1. The molecule has 1 amide bonds. The van der Waals surface area contributed by atoms with E-state index in [2.05, 4.69) is 5.32 Å². The highest BCUT2D eigenvalue weighted by Crippen LogP contribution is 2.26. The number of thiophene rings is 1. The zero-order valence-electron chi connectivity index (χ0n) is 12.9. The topological polar surface area (TPSA) is 55.4 Å². The van der Waals surface area contributed by atoms with Gasteiger partial charge >= 0.3 is 5.97 Å². The molecule has 0 fully saturated rings. The summed E-state index contributed by atoms with van der Waals surface area (Å²) in [7, 11) is 0. The number of nitrogens with one attached hydrogen (secondary N) is 1. The first-order valence-electron chi connectivity index (χ1n) is 7.22. The van der Waals surface area contributed by atoms with Crippen molar-refractivity contribution in [3.8, 4) is 0 Å².